The molecule has 1 aliphatic heterocycles. The summed E-state index contributed by atoms with van der Waals surface area (Å²) in [6, 6.07) is 6.24. The SMILES string of the molecule is CCC(=O)NCCN1C(=O)C(CC)(CC)c2ccc(C(=O)N(C(C)C)C3CCCCC3)cc21. The Morgan fingerprint density at radius 2 is 1.79 bits per heavy atom. The number of nitrogens with one attached hydrogen (secondary N) is 1. The molecule has 3 amide bonds. The molecule has 1 heterocycles. The van der Waals surface area contributed by atoms with E-state index in [0.717, 1.165) is 24.1 Å². The second-order valence-electron chi connectivity index (χ2n) is 9.78. The molecule has 1 aliphatic carbocycles. The number of fused-ring (bicyclic) bond motifs is 1. The molecule has 6 nitrogen and oxygen atoms in total. The lowest BCUT2D eigenvalue weighted by Gasteiger charge is -2.37. The van der Waals surface area contributed by atoms with E-state index in [9.17, 15) is 14.4 Å². The molecule has 0 saturated heterocycles. The number of nitrogens with zero attached hydrogens (tertiary/aromatic N) is 2. The number of anilines is 1. The van der Waals surface area contributed by atoms with Gasteiger partial charge in [-0.25, -0.2) is 0 Å². The van der Waals surface area contributed by atoms with Gasteiger partial charge in [-0.3, -0.25) is 14.4 Å². The lowest BCUT2D eigenvalue weighted by atomic mass is 9.77. The molecule has 0 aromatic heterocycles. The lowest BCUT2D eigenvalue weighted by molar-refractivity contribution is -0.124. The third-order valence-corrected chi connectivity index (χ3v) is 7.65. The van der Waals surface area contributed by atoms with Crippen molar-refractivity contribution in [1.82, 2.24) is 10.2 Å². The van der Waals surface area contributed by atoms with Crippen molar-refractivity contribution in [2.45, 2.75) is 103 Å². The molecule has 0 atom stereocenters. The van der Waals surface area contributed by atoms with Crippen molar-refractivity contribution in [2.24, 2.45) is 0 Å². The third-order valence-electron chi connectivity index (χ3n) is 7.65. The smallest absolute Gasteiger partial charge is 0.254 e. The number of hydrogen-bond acceptors (Lipinski definition) is 3. The number of carbonyl (C=O) groups excluding carboxylic acids is 3. The molecule has 1 fully saturated rings. The Hall–Kier alpha value is -2.37. The van der Waals surface area contributed by atoms with Gasteiger partial charge < -0.3 is 15.1 Å². The molecule has 0 bridgehead atoms. The standard InChI is InChI=1S/C27H41N3O3/c1-6-24(31)28-16-17-29-23-18-20(14-15-22(23)27(7-2,8-3)26(29)33)25(32)30(19(4)5)21-12-10-9-11-13-21/h14-15,18-19,21H,6-13,16-17H2,1-5H3,(H,28,31). The lowest BCUT2D eigenvalue weighted by Crippen LogP contribution is -2.45. The highest BCUT2D eigenvalue weighted by Crippen LogP contribution is 2.46. The minimum atomic E-state index is -0.563. The minimum absolute atomic E-state index is 0.0249. The van der Waals surface area contributed by atoms with Gasteiger partial charge in [0.05, 0.1) is 5.41 Å². The first-order valence-corrected chi connectivity index (χ1v) is 12.9. The molecule has 33 heavy (non-hydrogen) atoms. The Morgan fingerprint density at radius 1 is 1.12 bits per heavy atom. The zero-order valence-corrected chi connectivity index (χ0v) is 21.1. The Balaban J connectivity index is 1.95. The van der Waals surface area contributed by atoms with Crippen LogP contribution < -0.4 is 10.2 Å². The van der Waals surface area contributed by atoms with Crippen LogP contribution in [-0.2, 0) is 15.0 Å². The fraction of sp³-hybridized carbons (Fsp3) is 0.667. The zero-order valence-electron chi connectivity index (χ0n) is 21.1. The van der Waals surface area contributed by atoms with Gasteiger partial charge in [-0.1, -0.05) is 46.1 Å². The molecular weight excluding hydrogens is 414 g/mol. The van der Waals surface area contributed by atoms with Crippen LogP contribution in [0.1, 0.15) is 102 Å². The van der Waals surface area contributed by atoms with Gasteiger partial charge >= 0.3 is 0 Å². The van der Waals surface area contributed by atoms with Crippen LogP contribution in [0, 0.1) is 0 Å². The Morgan fingerprint density at radius 3 is 2.36 bits per heavy atom. The summed E-state index contributed by atoms with van der Waals surface area (Å²) in [5, 5.41) is 2.88. The first kappa shape index (κ1) is 25.3. The molecule has 0 radical (unpaired) electrons. The summed E-state index contributed by atoms with van der Waals surface area (Å²) in [7, 11) is 0. The summed E-state index contributed by atoms with van der Waals surface area (Å²) in [4.78, 5) is 42.8. The van der Waals surface area contributed by atoms with Gasteiger partial charge in [-0.2, -0.15) is 0 Å². The average Bonchev–Trinajstić information content (AvgIpc) is 3.06. The molecule has 3 rings (SSSR count). The van der Waals surface area contributed by atoms with Crippen molar-refractivity contribution < 1.29 is 14.4 Å². The van der Waals surface area contributed by atoms with Crippen LogP contribution in [0.4, 0.5) is 5.69 Å². The maximum absolute atomic E-state index is 13.7. The number of rotatable bonds is 9. The molecular formula is C27H41N3O3. The minimum Gasteiger partial charge on any atom is -0.354 e. The fourth-order valence-corrected chi connectivity index (χ4v) is 5.69. The van der Waals surface area contributed by atoms with E-state index in [2.05, 4.69) is 37.9 Å². The van der Waals surface area contributed by atoms with Crippen molar-refractivity contribution in [3.8, 4) is 0 Å². The normalized spacial score (nSPS) is 17.9. The topological polar surface area (TPSA) is 69.7 Å². The van der Waals surface area contributed by atoms with Gasteiger partial charge in [0.25, 0.3) is 5.91 Å². The highest BCUT2D eigenvalue weighted by molar-refractivity contribution is 6.09. The van der Waals surface area contributed by atoms with Gasteiger partial charge in [0.2, 0.25) is 11.8 Å². The Kier molecular flexibility index (Phi) is 8.19. The molecule has 1 aromatic carbocycles. The van der Waals surface area contributed by atoms with Crippen LogP contribution in [-0.4, -0.2) is 47.8 Å². The van der Waals surface area contributed by atoms with E-state index in [0.29, 0.717) is 37.9 Å². The van der Waals surface area contributed by atoms with Crippen molar-refractivity contribution >= 4 is 23.4 Å². The summed E-state index contributed by atoms with van der Waals surface area (Å²) < 4.78 is 0. The van der Waals surface area contributed by atoms with Crippen LogP contribution in [0.25, 0.3) is 0 Å². The second kappa shape index (κ2) is 10.7. The van der Waals surface area contributed by atoms with E-state index in [-0.39, 0.29) is 29.8 Å². The maximum Gasteiger partial charge on any atom is 0.254 e. The van der Waals surface area contributed by atoms with E-state index < -0.39 is 5.41 Å². The summed E-state index contributed by atoms with van der Waals surface area (Å²) >= 11 is 0. The highest BCUT2D eigenvalue weighted by atomic mass is 16.2. The highest BCUT2D eigenvalue weighted by Gasteiger charge is 2.48. The fourth-order valence-electron chi connectivity index (χ4n) is 5.69. The van der Waals surface area contributed by atoms with E-state index in [1.165, 1.54) is 19.3 Å². The van der Waals surface area contributed by atoms with E-state index in [1.54, 1.807) is 4.90 Å². The van der Waals surface area contributed by atoms with Crippen LogP contribution in [0.15, 0.2) is 18.2 Å². The van der Waals surface area contributed by atoms with Gasteiger partial charge in [-0.05, 0) is 57.2 Å². The predicted molar refractivity (Wildman–Crippen MR) is 133 cm³/mol. The van der Waals surface area contributed by atoms with Crippen molar-refractivity contribution in [3.63, 3.8) is 0 Å². The molecule has 1 N–H and O–H groups in total. The molecule has 1 saturated carbocycles. The number of carbonyl (C=O) groups is 3. The number of benzene rings is 1. The maximum atomic E-state index is 13.7. The largest absolute Gasteiger partial charge is 0.354 e. The number of hydrogen-bond donors (Lipinski definition) is 1. The zero-order chi connectivity index (χ0) is 24.2. The first-order chi connectivity index (χ1) is 15.8. The van der Waals surface area contributed by atoms with Crippen LogP contribution in [0.3, 0.4) is 0 Å². The van der Waals surface area contributed by atoms with Gasteiger partial charge in [-0.15, -0.1) is 0 Å². The molecule has 2 aliphatic rings. The first-order valence-electron chi connectivity index (χ1n) is 12.9. The molecule has 6 heteroatoms. The van der Waals surface area contributed by atoms with Crippen LogP contribution >= 0.6 is 0 Å². The van der Waals surface area contributed by atoms with Crippen molar-refractivity contribution in [3.05, 3.63) is 29.3 Å². The van der Waals surface area contributed by atoms with E-state index in [1.807, 2.05) is 25.1 Å². The summed E-state index contributed by atoms with van der Waals surface area (Å²) in [6.07, 6.45) is 7.55. The van der Waals surface area contributed by atoms with E-state index in [4.69, 9.17) is 0 Å². The Labute approximate surface area is 199 Å². The number of amides is 3. The third kappa shape index (κ3) is 4.80. The van der Waals surface area contributed by atoms with Crippen LogP contribution in [0.5, 0.6) is 0 Å². The summed E-state index contributed by atoms with van der Waals surface area (Å²) in [5.74, 6) is 0.103. The molecule has 0 unspecified atom stereocenters. The average molecular weight is 456 g/mol. The van der Waals surface area contributed by atoms with Gasteiger partial charge in [0.15, 0.2) is 0 Å². The quantitative estimate of drug-likeness (QED) is 0.581. The molecule has 182 valence electrons. The molecule has 1 aromatic rings. The van der Waals surface area contributed by atoms with Gasteiger partial charge in [0, 0.05) is 42.8 Å². The predicted octanol–water partition coefficient (Wildman–Crippen LogP) is 4.80. The monoisotopic (exact) mass is 455 g/mol. The van der Waals surface area contributed by atoms with Gasteiger partial charge in [0.1, 0.15) is 0 Å². The van der Waals surface area contributed by atoms with Crippen molar-refractivity contribution in [1.29, 1.82) is 0 Å². The Bertz CT molecular complexity index is 869. The summed E-state index contributed by atoms with van der Waals surface area (Å²) in [5.41, 5.74) is 1.91. The van der Waals surface area contributed by atoms with Crippen molar-refractivity contribution in [2.75, 3.05) is 18.0 Å². The van der Waals surface area contributed by atoms with E-state index >= 15 is 0 Å². The molecule has 0 spiro atoms. The second-order valence-corrected chi connectivity index (χ2v) is 9.78. The summed E-state index contributed by atoms with van der Waals surface area (Å²) in [6.45, 7) is 10.9. The van der Waals surface area contributed by atoms with Crippen LogP contribution in [0.2, 0.25) is 0 Å².